The van der Waals surface area contributed by atoms with Crippen molar-refractivity contribution in [3.05, 3.63) is 12.3 Å². The summed E-state index contributed by atoms with van der Waals surface area (Å²) in [7, 11) is 3.30. The van der Waals surface area contributed by atoms with Crippen LogP contribution in [0, 0.1) is 0 Å². The molecule has 8 heteroatoms. The van der Waals surface area contributed by atoms with Gasteiger partial charge in [0.25, 0.3) is 0 Å². The number of carbonyl (C=O) groups is 1. The fourth-order valence-corrected chi connectivity index (χ4v) is 5.21. The van der Waals surface area contributed by atoms with Crippen LogP contribution >= 0.6 is 0 Å². The van der Waals surface area contributed by atoms with E-state index in [0.29, 0.717) is 19.4 Å². The van der Waals surface area contributed by atoms with Crippen molar-refractivity contribution in [2.45, 2.75) is 160 Å². The van der Waals surface area contributed by atoms with Crippen LogP contribution in [0.5, 0.6) is 0 Å². The Labute approximate surface area is 244 Å². The first-order chi connectivity index (χ1) is 19.5. The Hall–Kier alpha value is -1.19. The van der Waals surface area contributed by atoms with Crippen molar-refractivity contribution in [3.8, 4) is 0 Å². The van der Waals surface area contributed by atoms with Crippen molar-refractivity contribution in [1.29, 1.82) is 0 Å². The van der Waals surface area contributed by atoms with Crippen LogP contribution in [-0.4, -0.2) is 75.2 Å². The topological polar surface area (TPSA) is 95.5 Å². The number of methoxy groups -OCH3 is 2. The summed E-state index contributed by atoms with van der Waals surface area (Å²) >= 11 is 0. The first-order valence-corrected chi connectivity index (χ1v) is 16.0. The summed E-state index contributed by atoms with van der Waals surface area (Å²) in [6.07, 6.45) is 17.9. The van der Waals surface area contributed by atoms with Crippen molar-refractivity contribution in [1.82, 2.24) is 5.32 Å². The lowest BCUT2D eigenvalue weighted by Crippen LogP contribution is -2.65. The minimum Gasteiger partial charge on any atom is -0.471 e. The average Bonchev–Trinajstić information content (AvgIpc) is 2.95. The molecule has 1 amide bonds. The van der Waals surface area contributed by atoms with Gasteiger partial charge in [0.2, 0.25) is 12.2 Å². The van der Waals surface area contributed by atoms with E-state index in [4.69, 9.17) is 23.7 Å². The molecule has 40 heavy (non-hydrogen) atoms. The SMILES string of the molecule is C/C=C\O[C@H]1OC(COC)[C@@H](O)C(OCCC(CCCCCCC)OC)[C@H]1NC(=O)CCCCCCCCCC. The number of hydrogen-bond acceptors (Lipinski definition) is 7. The fourth-order valence-electron chi connectivity index (χ4n) is 5.21. The van der Waals surface area contributed by atoms with E-state index >= 15 is 0 Å². The number of ether oxygens (including phenoxy) is 5. The highest BCUT2D eigenvalue weighted by molar-refractivity contribution is 5.76. The smallest absolute Gasteiger partial charge is 0.222 e. The van der Waals surface area contributed by atoms with Gasteiger partial charge in [0.1, 0.15) is 24.4 Å². The van der Waals surface area contributed by atoms with Crippen LogP contribution in [-0.2, 0) is 28.5 Å². The number of hydrogen-bond donors (Lipinski definition) is 2. The number of carbonyl (C=O) groups excluding carboxylic acids is 1. The summed E-state index contributed by atoms with van der Waals surface area (Å²) in [4.78, 5) is 13.0. The Morgan fingerprint density at radius 3 is 2.15 bits per heavy atom. The summed E-state index contributed by atoms with van der Waals surface area (Å²) in [5, 5.41) is 14.2. The van der Waals surface area contributed by atoms with Crippen LogP contribution < -0.4 is 5.32 Å². The van der Waals surface area contributed by atoms with E-state index in [9.17, 15) is 9.90 Å². The Morgan fingerprint density at radius 2 is 1.55 bits per heavy atom. The maximum Gasteiger partial charge on any atom is 0.222 e. The van der Waals surface area contributed by atoms with Crippen LogP contribution in [0.2, 0.25) is 0 Å². The molecule has 236 valence electrons. The molecule has 1 fully saturated rings. The first kappa shape index (κ1) is 36.8. The zero-order chi connectivity index (χ0) is 29.4. The molecular formula is C32H61NO7. The summed E-state index contributed by atoms with van der Waals surface area (Å²) in [5.41, 5.74) is 0. The van der Waals surface area contributed by atoms with Gasteiger partial charge in [0, 0.05) is 27.2 Å². The van der Waals surface area contributed by atoms with E-state index in [1.807, 2.05) is 6.92 Å². The van der Waals surface area contributed by atoms with Crippen molar-refractivity contribution in [3.63, 3.8) is 0 Å². The molecule has 3 unspecified atom stereocenters. The molecule has 2 N–H and O–H groups in total. The number of unbranched alkanes of at least 4 members (excludes halogenated alkanes) is 11. The maximum atomic E-state index is 13.0. The molecule has 0 aliphatic carbocycles. The number of rotatable bonds is 25. The van der Waals surface area contributed by atoms with E-state index in [1.54, 1.807) is 26.6 Å². The number of aliphatic hydroxyl groups excluding tert-OH is 1. The van der Waals surface area contributed by atoms with E-state index in [1.165, 1.54) is 57.8 Å². The van der Waals surface area contributed by atoms with Crippen LogP contribution in [0.25, 0.3) is 0 Å². The molecule has 0 saturated carbocycles. The van der Waals surface area contributed by atoms with Gasteiger partial charge in [-0.3, -0.25) is 4.79 Å². The third-order valence-corrected chi connectivity index (χ3v) is 7.65. The Morgan fingerprint density at radius 1 is 0.925 bits per heavy atom. The summed E-state index contributed by atoms with van der Waals surface area (Å²) in [5.74, 6) is -0.0819. The monoisotopic (exact) mass is 571 g/mol. The Bertz CT molecular complexity index is 632. The highest BCUT2D eigenvalue weighted by Crippen LogP contribution is 2.26. The molecule has 8 nitrogen and oxygen atoms in total. The quantitative estimate of drug-likeness (QED) is 0.0962. The fraction of sp³-hybridized carbons (Fsp3) is 0.906. The normalized spacial score (nSPS) is 23.9. The number of allylic oxidation sites excluding steroid dienone is 1. The predicted molar refractivity (Wildman–Crippen MR) is 160 cm³/mol. The zero-order valence-electron chi connectivity index (χ0n) is 26.2. The van der Waals surface area contributed by atoms with Crippen molar-refractivity contribution >= 4 is 5.91 Å². The lowest BCUT2D eigenvalue weighted by Gasteiger charge is -2.44. The standard InChI is InChI=1S/C32H61NO7/c1-6-9-11-13-14-15-17-19-21-28(34)33-29-31(30(35)27(25-36-4)40-32(29)39-23-8-3)38-24-22-26(37-5)20-18-16-12-10-7-2/h8,23,26-27,29-32,35H,6-7,9-22,24-25H2,1-5H3,(H,33,34)/b23-8-/t26?,27?,29-,30-,31?,32+/m1/s1. The summed E-state index contributed by atoms with van der Waals surface area (Å²) in [6, 6.07) is -0.657. The predicted octanol–water partition coefficient (Wildman–Crippen LogP) is 6.44. The molecule has 0 radical (unpaired) electrons. The van der Waals surface area contributed by atoms with E-state index in [-0.39, 0.29) is 18.6 Å². The highest BCUT2D eigenvalue weighted by atomic mass is 16.7. The largest absolute Gasteiger partial charge is 0.471 e. The molecule has 0 aromatic rings. The van der Waals surface area contributed by atoms with Crippen LogP contribution in [0.1, 0.15) is 124 Å². The van der Waals surface area contributed by atoms with Gasteiger partial charge in [-0.2, -0.15) is 0 Å². The van der Waals surface area contributed by atoms with E-state index in [0.717, 1.165) is 32.1 Å². The zero-order valence-corrected chi connectivity index (χ0v) is 26.2. The second kappa shape index (κ2) is 24.4. The van der Waals surface area contributed by atoms with Gasteiger partial charge in [-0.05, 0) is 26.2 Å². The lowest BCUT2D eigenvalue weighted by molar-refractivity contribution is -0.265. The van der Waals surface area contributed by atoms with Crippen LogP contribution in [0.3, 0.4) is 0 Å². The summed E-state index contributed by atoms with van der Waals surface area (Å²) < 4.78 is 29.1. The summed E-state index contributed by atoms with van der Waals surface area (Å²) in [6.45, 7) is 6.88. The molecule has 0 bridgehead atoms. The molecule has 0 aromatic carbocycles. The average molecular weight is 572 g/mol. The van der Waals surface area contributed by atoms with Crippen molar-refractivity contribution in [2.24, 2.45) is 0 Å². The third kappa shape index (κ3) is 15.7. The first-order valence-electron chi connectivity index (χ1n) is 16.0. The van der Waals surface area contributed by atoms with Crippen LogP contribution in [0.4, 0.5) is 0 Å². The van der Waals surface area contributed by atoms with Gasteiger partial charge >= 0.3 is 0 Å². The van der Waals surface area contributed by atoms with Gasteiger partial charge in [0.15, 0.2) is 0 Å². The van der Waals surface area contributed by atoms with E-state index < -0.39 is 30.6 Å². The number of amides is 1. The Kier molecular flexibility index (Phi) is 22.5. The van der Waals surface area contributed by atoms with Gasteiger partial charge < -0.3 is 34.1 Å². The lowest BCUT2D eigenvalue weighted by atomic mass is 9.96. The van der Waals surface area contributed by atoms with Crippen molar-refractivity contribution in [2.75, 3.05) is 27.4 Å². The third-order valence-electron chi connectivity index (χ3n) is 7.65. The van der Waals surface area contributed by atoms with Gasteiger partial charge in [0.05, 0.1) is 19.0 Å². The second-order valence-electron chi connectivity index (χ2n) is 11.1. The molecule has 0 aromatic heterocycles. The molecule has 1 aliphatic rings. The molecule has 1 rings (SSSR count). The van der Waals surface area contributed by atoms with Crippen molar-refractivity contribution < 1.29 is 33.6 Å². The molecule has 6 atom stereocenters. The number of aliphatic hydroxyl groups is 1. The molecule has 1 heterocycles. The molecular weight excluding hydrogens is 510 g/mol. The Balaban J connectivity index is 2.74. The minimum absolute atomic E-state index is 0.0819. The highest BCUT2D eigenvalue weighted by Gasteiger charge is 2.47. The van der Waals surface area contributed by atoms with Crippen LogP contribution in [0.15, 0.2) is 12.3 Å². The van der Waals surface area contributed by atoms with Gasteiger partial charge in [-0.15, -0.1) is 0 Å². The molecule has 1 saturated heterocycles. The second-order valence-corrected chi connectivity index (χ2v) is 11.1. The molecule has 1 aliphatic heterocycles. The van der Waals surface area contributed by atoms with Gasteiger partial charge in [-0.1, -0.05) is 97.0 Å². The maximum absolute atomic E-state index is 13.0. The number of nitrogens with one attached hydrogen (secondary N) is 1. The molecule has 0 spiro atoms. The minimum atomic E-state index is -0.978. The van der Waals surface area contributed by atoms with E-state index in [2.05, 4.69) is 19.2 Å². The van der Waals surface area contributed by atoms with Gasteiger partial charge in [-0.25, -0.2) is 0 Å².